The normalized spacial score (nSPS) is 16.2. The molecule has 0 aromatic heterocycles. The summed E-state index contributed by atoms with van der Waals surface area (Å²) < 4.78 is 0. The largest absolute Gasteiger partial charge is 0.405 e. The van der Waals surface area contributed by atoms with Crippen molar-refractivity contribution in [3.63, 3.8) is 0 Å². The van der Waals surface area contributed by atoms with Gasteiger partial charge >= 0.3 is 0 Å². The third-order valence-corrected chi connectivity index (χ3v) is 9.71. The summed E-state index contributed by atoms with van der Waals surface area (Å²) in [6, 6.07) is 46.5. The van der Waals surface area contributed by atoms with Gasteiger partial charge in [-0.25, -0.2) is 0 Å². The van der Waals surface area contributed by atoms with E-state index in [2.05, 4.69) is 182 Å². The summed E-state index contributed by atoms with van der Waals surface area (Å²) in [6.07, 6.45) is 29.7. The quantitative estimate of drug-likeness (QED) is 0.124. The molecular formula is C55H56N4. The van der Waals surface area contributed by atoms with Gasteiger partial charge in [0.05, 0.1) is 0 Å². The number of para-hydroxylation sites is 2. The average molecular weight is 773 g/mol. The predicted octanol–water partition coefficient (Wildman–Crippen LogP) is 13.7. The predicted molar refractivity (Wildman–Crippen MR) is 256 cm³/mol. The number of hydrogen-bond acceptors (Lipinski definition) is 4. The number of nitrogens with two attached hydrogens (primary N) is 2. The number of hydrogen-bond donors (Lipinski definition) is 2. The van der Waals surface area contributed by atoms with E-state index in [0.717, 1.165) is 58.1 Å². The maximum absolute atomic E-state index is 5.37. The molecule has 4 N–H and O–H groups in total. The molecule has 6 rings (SSSR count). The molecule has 0 unspecified atom stereocenters. The van der Waals surface area contributed by atoms with Gasteiger partial charge in [-0.3, -0.25) is 0 Å². The molecule has 5 aromatic rings. The molecule has 0 atom stereocenters. The van der Waals surface area contributed by atoms with Gasteiger partial charge in [-0.2, -0.15) is 0 Å². The van der Waals surface area contributed by atoms with Crippen molar-refractivity contribution in [1.82, 2.24) is 0 Å². The molecule has 0 spiro atoms. The van der Waals surface area contributed by atoms with Crippen LogP contribution in [0.2, 0.25) is 0 Å². The highest BCUT2D eigenvalue weighted by Crippen LogP contribution is 2.38. The van der Waals surface area contributed by atoms with E-state index in [1.165, 1.54) is 28.5 Å². The monoisotopic (exact) mass is 772 g/mol. The van der Waals surface area contributed by atoms with Gasteiger partial charge in [0.1, 0.15) is 0 Å². The third-order valence-electron chi connectivity index (χ3n) is 9.71. The number of aryl methyl sites for hydroxylation is 1. The lowest BCUT2D eigenvalue weighted by molar-refractivity contribution is 1.07. The van der Waals surface area contributed by atoms with Crippen molar-refractivity contribution < 1.29 is 0 Å². The van der Waals surface area contributed by atoms with Gasteiger partial charge < -0.3 is 21.3 Å². The Bertz CT molecular complexity index is 2370. The number of rotatable bonds is 12. The van der Waals surface area contributed by atoms with Gasteiger partial charge in [0, 0.05) is 40.7 Å². The van der Waals surface area contributed by atoms with Gasteiger partial charge in [0.25, 0.3) is 0 Å². The zero-order chi connectivity index (χ0) is 41.7. The van der Waals surface area contributed by atoms with Crippen LogP contribution in [0.4, 0.5) is 22.7 Å². The molecule has 296 valence electrons. The highest BCUT2D eigenvalue weighted by atomic mass is 15.2. The van der Waals surface area contributed by atoms with Gasteiger partial charge in [0.15, 0.2) is 0 Å². The van der Waals surface area contributed by atoms with Crippen LogP contribution in [-0.4, -0.2) is 0 Å². The number of anilines is 4. The van der Waals surface area contributed by atoms with E-state index in [-0.39, 0.29) is 0 Å². The highest BCUT2D eigenvalue weighted by Gasteiger charge is 2.19. The zero-order valence-corrected chi connectivity index (χ0v) is 34.4. The van der Waals surface area contributed by atoms with Crippen LogP contribution in [0, 0.1) is 6.92 Å². The summed E-state index contributed by atoms with van der Waals surface area (Å²) in [4.78, 5) is 4.55. The first kappa shape index (κ1) is 43.0. The molecule has 0 saturated carbocycles. The summed E-state index contributed by atoms with van der Waals surface area (Å²) >= 11 is 0. The molecular weight excluding hydrogens is 717 g/mol. The van der Waals surface area contributed by atoms with Crippen molar-refractivity contribution in [3.05, 3.63) is 271 Å². The molecule has 0 aliphatic carbocycles. The van der Waals surface area contributed by atoms with Crippen LogP contribution in [0.5, 0.6) is 0 Å². The molecule has 5 aromatic carbocycles. The minimum atomic E-state index is 0.640. The van der Waals surface area contributed by atoms with Crippen molar-refractivity contribution in [2.24, 2.45) is 11.5 Å². The number of nitrogens with zero attached hydrogens (tertiary/aromatic N) is 2. The Morgan fingerprint density at radius 2 is 1.36 bits per heavy atom. The SMILES string of the molecule is C=C/C=C1\C(=C/C)C/C=C(c2ccc(N(c3ccccc3)c3ccccc3C)cc2)\C=C/C(=C)N1c1cccc(C/C=C/C=C/C=C\C=C/N)c1.NCc1ccccc1. The molecule has 1 aliphatic heterocycles. The van der Waals surface area contributed by atoms with E-state index < -0.39 is 0 Å². The molecule has 1 heterocycles. The van der Waals surface area contributed by atoms with Crippen LogP contribution in [0.1, 0.15) is 35.6 Å². The summed E-state index contributed by atoms with van der Waals surface area (Å²) in [5, 5.41) is 0. The van der Waals surface area contributed by atoms with Crippen LogP contribution in [-0.2, 0) is 13.0 Å². The van der Waals surface area contributed by atoms with Crippen molar-refractivity contribution in [3.8, 4) is 0 Å². The van der Waals surface area contributed by atoms with Crippen LogP contribution in [0.3, 0.4) is 0 Å². The smallest absolute Gasteiger partial charge is 0.0493 e. The minimum absolute atomic E-state index is 0.640. The van der Waals surface area contributed by atoms with Crippen molar-refractivity contribution in [2.45, 2.75) is 33.2 Å². The van der Waals surface area contributed by atoms with E-state index in [4.69, 9.17) is 11.5 Å². The van der Waals surface area contributed by atoms with Crippen LogP contribution in [0.25, 0.3) is 5.57 Å². The molecule has 1 aliphatic rings. The van der Waals surface area contributed by atoms with E-state index in [1.54, 1.807) is 6.08 Å². The molecule has 0 saturated heterocycles. The number of benzene rings is 5. The second-order valence-corrected chi connectivity index (χ2v) is 13.8. The molecule has 0 radical (unpaired) electrons. The van der Waals surface area contributed by atoms with Crippen LogP contribution in [0.15, 0.2) is 249 Å². The second-order valence-electron chi connectivity index (χ2n) is 13.8. The van der Waals surface area contributed by atoms with Gasteiger partial charge in [-0.1, -0.05) is 165 Å². The Kier molecular flexibility index (Phi) is 16.9. The van der Waals surface area contributed by atoms with E-state index >= 15 is 0 Å². The minimum Gasteiger partial charge on any atom is -0.405 e. The lowest BCUT2D eigenvalue weighted by atomic mass is 10.00. The fraction of sp³-hybridized carbons (Fsp3) is 0.0909. The molecule has 0 fully saturated rings. The molecule has 4 heteroatoms. The fourth-order valence-corrected chi connectivity index (χ4v) is 6.69. The van der Waals surface area contributed by atoms with Crippen LogP contribution >= 0.6 is 0 Å². The first-order chi connectivity index (χ1) is 29.0. The summed E-state index contributed by atoms with van der Waals surface area (Å²) in [6.45, 7) is 13.5. The third kappa shape index (κ3) is 12.4. The molecule has 59 heavy (non-hydrogen) atoms. The second kappa shape index (κ2) is 23.2. The Morgan fingerprint density at radius 3 is 2.02 bits per heavy atom. The zero-order valence-electron chi connectivity index (χ0n) is 34.4. The van der Waals surface area contributed by atoms with Crippen molar-refractivity contribution >= 4 is 28.3 Å². The topological polar surface area (TPSA) is 58.5 Å². The maximum atomic E-state index is 5.37. The van der Waals surface area contributed by atoms with Crippen molar-refractivity contribution in [1.29, 1.82) is 0 Å². The molecule has 4 nitrogen and oxygen atoms in total. The Labute approximate surface area is 352 Å². The Morgan fingerprint density at radius 1 is 0.712 bits per heavy atom. The van der Waals surface area contributed by atoms with Crippen LogP contribution < -0.4 is 21.3 Å². The van der Waals surface area contributed by atoms with Gasteiger partial charge in [-0.15, -0.1) is 0 Å². The summed E-state index contributed by atoms with van der Waals surface area (Å²) in [5.74, 6) is 0. The summed E-state index contributed by atoms with van der Waals surface area (Å²) in [7, 11) is 0. The Balaban J connectivity index is 0.000000738. The van der Waals surface area contributed by atoms with E-state index in [9.17, 15) is 0 Å². The lowest BCUT2D eigenvalue weighted by Crippen LogP contribution is -2.21. The van der Waals surface area contributed by atoms with E-state index in [0.29, 0.717) is 6.54 Å². The average Bonchev–Trinajstić information content (AvgIpc) is 3.34. The maximum Gasteiger partial charge on any atom is 0.0493 e. The van der Waals surface area contributed by atoms with Crippen molar-refractivity contribution in [2.75, 3.05) is 9.80 Å². The molecule has 0 amide bonds. The number of allylic oxidation sites excluding steroid dienone is 15. The van der Waals surface area contributed by atoms with E-state index in [1.807, 2.05) is 60.7 Å². The highest BCUT2D eigenvalue weighted by molar-refractivity contribution is 5.82. The Hall–Kier alpha value is -7.14. The first-order valence-corrected chi connectivity index (χ1v) is 20.0. The van der Waals surface area contributed by atoms with Gasteiger partial charge in [0.2, 0.25) is 0 Å². The standard InChI is InChI=1S/C48H47N3.C7H9N/c1-5-20-48-41(6-2)30-31-42(29-28-39(4)50(48)46-26-19-23-40(37-46)22-13-10-8-7-9-11-18-36-49)43-32-34-45(35-33-43)51(44-24-14-12-15-25-44)47-27-17-16-21-38(47)3;8-6-7-4-2-1-3-5-7/h5-21,23-29,31-37H,1,4,22,30,49H2,2-3H3;1-5H,6,8H2/b8-7+,11-9-,13-10+,29-28-,36-18-,41-6-,42-31+,48-20+;. The fourth-order valence-electron chi connectivity index (χ4n) is 6.69. The lowest BCUT2D eigenvalue weighted by Gasteiger charge is -2.29. The van der Waals surface area contributed by atoms with Gasteiger partial charge in [-0.05, 0) is 127 Å². The summed E-state index contributed by atoms with van der Waals surface area (Å²) in [5.41, 5.74) is 24.2. The molecule has 0 bridgehead atoms. The first-order valence-electron chi connectivity index (χ1n) is 20.0.